The predicted octanol–water partition coefficient (Wildman–Crippen LogP) is 3.11. The van der Waals surface area contributed by atoms with Crippen LogP contribution in [0, 0.1) is 16.7 Å². The molecule has 1 fully saturated rings. The van der Waals surface area contributed by atoms with E-state index in [9.17, 15) is 4.79 Å². The number of hydrogen-bond donors (Lipinski definition) is 1. The average molecular weight is 266 g/mol. The van der Waals surface area contributed by atoms with E-state index in [0.29, 0.717) is 18.8 Å². The zero-order valence-electron chi connectivity index (χ0n) is 9.65. The van der Waals surface area contributed by atoms with Crippen LogP contribution in [0.1, 0.15) is 29.6 Å². The summed E-state index contributed by atoms with van der Waals surface area (Å²) in [6, 6.07) is 6.52. The predicted molar refractivity (Wildman–Crippen MR) is 65.8 cm³/mol. The van der Waals surface area contributed by atoms with Crippen LogP contribution in [-0.2, 0) is 0 Å². The Kier molecular flexibility index (Phi) is 3.44. The molecule has 0 aliphatic heterocycles. The van der Waals surface area contributed by atoms with Crippen LogP contribution < -0.4 is 4.74 Å². The van der Waals surface area contributed by atoms with Gasteiger partial charge in [0.15, 0.2) is 0 Å². The normalized spacial score (nSPS) is 15.8. The van der Waals surface area contributed by atoms with Crippen LogP contribution in [0.3, 0.4) is 0 Å². The van der Waals surface area contributed by atoms with Gasteiger partial charge in [-0.1, -0.05) is 11.6 Å². The minimum absolute atomic E-state index is 0.0243. The lowest BCUT2D eigenvalue weighted by Crippen LogP contribution is -2.12. The lowest BCUT2D eigenvalue weighted by molar-refractivity contribution is 0.0697. The molecule has 0 atom stereocenters. The SMILES string of the molecule is N#CCC1(COc2ccc(C(=O)O)cc2Cl)CC1. The maximum absolute atomic E-state index is 10.7. The summed E-state index contributed by atoms with van der Waals surface area (Å²) in [5, 5.41) is 17.8. The Hall–Kier alpha value is -1.73. The fraction of sp³-hybridized carbons (Fsp3) is 0.385. The molecular weight excluding hydrogens is 254 g/mol. The number of aromatic carboxylic acids is 1. The van der Waals surface area contributed by atoms with Gasteiger partial charge >= 0.3 is 5.97 Å². The highest BCUT2D eigenvalue weighted by Gasteiger charge is 2.43. The largest absolute Gasteiger partial charge is 0.491 e. The molecular formula is C13H12ClNO3. The number of benzene rings is 1. The van der Waals surface area contributed by atoms with E-state index in [4.69, 9.17) is 26.7 Å². The first kappa shape index (κ1) is 12.7. The van der Waals surface area contributed by atoms with E-state index in [1.807, 2.05) is 0 Å². The number of halogens is 1. The molecule has 94 valence electrons. The second-order valence-corrected chi connectivity index (χ2v) is 4.98. The Labute approximate surface area is 110 Å². The zero-order valence-corrected chi connectivity index (χ0v) is 10.4. The van der Waals surface area contributed by atoms with Crippen molar-refractivity contribution in [3.8, 4) is 11.8 Å². The number of nitrogens with zero attached hydrogens (tertiary/aromatic N) is 1. The van der Waals surface area contributed by atoms with Crippen LogP contribution in [0.2, 0.25) is 5.02 Å². The van der Waals surface area contributed by atoms with Gasteiger partial charge in [0.1, 0.15) is 5.75 Å². The molecule has 1 N–H and O–H groups in total. The summed E-state index contributed by atoms with van der Waals surface area (Å²) < 4.78 is 5.58. The smallest absolute Gasteiger partial charge is 0.335 e. The Morgan fingerprint density at radius 3 is 2.78 bits per heavy atom. The van der Waals surface area contributed by atoms with Crippen molar-refractivity contribution < 1.29 is 14.6 Å². The Morgan fingerprint density at radius 2 is 2.28 bits per heavy atom. The topological polar surface area (TPSA) is 70.3 Å². The highest BCUT2D eigenvalue weighted by atomic mass is 35.5. The summed E-state index contributed by atoms with van der Waals surface area (Å²) in [5.41, 5.74) is 0.106. The van der Waals surface area contributed by atoms with Crippen molar-refractivity contribution in [1.82, 2.24) is 0 Å². The molecule has 5 heteroatoms. The molecule has 1 aromatic carbocycles. The zero-order chi connectivity index (χ0) is 13.2. The van der Waals surface area contributed by atoms with Crippen molar-refractivity contribution in [3.05, 3.63) is 28.8 Å². The quantitative estimate of drug-likeness (QED) is 0.888. The maximum atomic E-state index is 10.7. The first-order valence-corrected chi connectivity index (χ1v) is 5.97. The second-order valence-electron chi connectivity index (χ2n) is 4.57. The van der Waals surface area contributed by atoms with Crippen LogP contribution >= 0.6 is 11.6 Å². The number of nitriles is 1. The second kappa shape index (κ2) is 4.87. The van der Waals surface area contributed by atoms with Gasteiger partial charge in [0.05, 0.1) is 23.3 Å². The van der Waals surface area contributed by atoms with Crippen molar-refractivity contribution in [2.45, 2.75) is 19.3 Å². The highest BCUT2D eigenvalue weighted by Crippen LogP contribution is 2.49. The molecule has 0 aromatic heterocycles. The van der Waals surface area contributed by atoms with Gasteiger partial charge in [-0.3, -0.25) is 0 Å². The molecule has 18 heavy (non-hydrogen) atoms. The van der Waals surface area contributed by atoms with Crippen molar-refractivity contribution in [3.63, 3.8) is 0 Å². The van der Waals surface area contributed by atoms with E-state index in [2.05, 4.69) is 6.07 Å². The third kappa shape index (κ3) is 2.74. The van der Waals surface area contributed by atoms with Crippen LogP contribution in [-0.4, -0.2) is 17.7 Å². The molecule has 0 radical (unpaired) electrons. The summed E-state index contributed by atoms with van der Waals surface area (Å²) in [4.78, 5) is 10.7. The standard InChI is InChI=1S/C13H12ClNO3/c14-10-7-9(12(16)17)1-2-11(10)18-8-13(3-4-13)5-6-15/h1-2,7H,3-5,8H2,(H,16,17). The van der Waals surface area contributed by atoms with Crippen molar-refractivity contribution in [1.29, 1.82) is 5.26 Å². The fourth-order valence-electron chi connectivity index (χ4n) is 1.70. The summed E-state index contributed by atoms with van der Waals surface area (Å²) in [6.45, 7) is 0.451. The highest BCUT2D eigenvalue weighted by molar-refractivity contribution is 6.32. The Bertz CT molecular complexity index is 517. The number of carboxylic acids is 1. The molecule has 1 aliphatic rings. The minimum Gasteiger partial charge on any atom is -0.491 e. The monoisotopic (exact) mass is 265 g/mol. The van der Waals surface area contributed by atoms with E-state index < -0.39 is 5.97 Å². The van der Waals surface area contributed by atoms with Gasteiger partial charge < -0.3 is 9.84 Å². The molecule has 0 saturated heterocycles. The number of ether oxygens (including phenoxy) is 1. The van der Waals surface area contributed by atoms with E-state index in [0.717, 1.165) is 12.8 Å². The fourth-order valence-corrected chi connectivity index (χ4v) is 1.93. The molecule has 0 spiro atoms. The number of carboxylic acid groups (broad SMARTS) is 1. The van der Waals surface area contributed by atoms with E-state index in [1.165, 1.54) is 12.1 Å². The van der Waals surface area contributed by atoms with E-state index in [-0.39, 0.29) is 16.0 Å². The van der Waals surface area contributed by atoms with Crippen molar-refractivity contribution >= 4 is 17.6 Å². The molecule has 0 bridgehead atoms. The van der Waals surface area contributed by atoms with Crippen LogP contribution in [0.25, 0.3) is 0 Å². The Morgan fingerprint density at radius 1 is 1.56 bits per heavy atom. The number of rotatable bonds is 5. The molecule has 1 aliphatic carbocycles. The van der Waals surface area contributed by atoms with Gasteiger partial charge in [0, 0.05) is 11.8 Å². The van der Waals surface area contributed by atoms with Crippen LogP contribution in [0.15, 0.2) is 18.2 Å². The van der Waals surface area contributed by atoms with Crippen molar-refractivity contribution in [2.75, 3.05) is 6.61 Å². The molecule has 1 aromatic rings. The number of carbonyl (C=O) groups is 1. The van der Waals surface area contributed by atoms with Crippen LogP contribution in [0.4, 0.5) is 0 Å². The summed E-state index contributed by atoms with van der Waals surface area (Å²) in [7, 11) is 0. The maximum Gasteiger partial charge on any atom is 0.335 e. The third-order valence-corrected chi connectivity index (χ3v) is 3.42. The molecule has 0 amide bonds. The third-order valence-electron chi connectivity index (χ3n) is 3.12. The first-order chi connectivity index (χ1) is 8.56. The molecule has 0 unspecified atom stereocenters. The summed E-state index contributed by atoms with van der Waals surface area (Å²) >= 11 is 5.95. The van der Waals surface area contributed by atoms with E-state index in [1.54, 1.807) is 6.07 Å². The molecule has 2 rings (SSSR count). The van der Waals surface area contributed by atoms with Gasteiger partial charge in [0.2, 0.25) is 0 Å². The van der Waals surface area contributed by atoms with Crippen molar-refractivity contribution in [2.24, 2.45) is 5.41 Å². The molecule has 1 saturated carbocycles. The summed E-state index contributed by atoms with van der Waals surface area (Å²) in [5.74, 6) is -0.558. The average Bonchev–Trinajstić information content (AvgIpc) is 3.08. The van der Waals surface area contributed by atoms with E-state index >= 15 is 0 Å². The Balaban J connectivity index is 2.02. The van der Waals surface area contributed by atoms with Gasteiger partial charge in [-0.2, -0.15) is 5.26 Å². The molecule has 4 nitrogen and oxygen atoms in total. The lowest BCUT2D eigenvalue weighted by Gasteiger charge is -2.14. The summed E-state index contributed by atoms with van der Waals surface area (Å²) in [6.07, 6.45) is 2.47. The number of hydrogen-bond acceptors (Lipinski definition) is 3. The van der Waals surface area contributed by atoms with Gasteiger partial charge in [-0.25, -0.2) is 4.79 Å². The lowest BCUT2D eigenvalue weighted by atomic mass is 10.1. The molecule has 0 heterocycles. The van der Waals surface area contributed by atoms with Gasteiger partial charge in [0.25, 0.3) is 0 Å². The first-order valence-electron chi connectivity index (χ1n) is 5.59. The minimum atomic E-state index is -1.02. The van der Waals surface area contributed by atoms with Crippen LogP contribution in [0.5, 0.6) is 5.75 Å². The van der Waals surface area contributed by atoms with Gasteiger partial charge in [-0.05, 0) is 31.0 Å². The van der Waals surface area contributed by atoms with Gasteiger partial charge in [-0.15, -0.1) is 0 Å².